The Bertz CT molecular complexity index is 558. The number of hydrogen-bond donors (Lipinski definition) is 2. The van der Waals surface area contributed by atoms with Crippen LogP contribution in [-0.2, 0) is 6.54 Å². The smallest absolute Gasteiger partial charge is 0.123 e. The summed E-state index contributed by atoms with van der Waals surface area (Å²) in [6, 6.07) is 7.21. The molecule has 3 nitrogen and oxygen atoms in total. The van der Waals surface area contributed by atoms with Gasteiger partial charge in [0.25, 0.3) is 0 Å². The largest absolute Gasteiger partial charge is 0.344 e. The number of imidazole rings is 1. The second-order valence-corrected chi connectivity index (χ2v) is 4.82. The molecule has 3 rings (SSSR count). The molecule has 1 heterocycles. The lowest BCUT2D eigenvalue weighted by Gasteiger charge is -1.98. The maximum atomic E-state index is 13.2. The minimum Gasteiger partial charge on any atom is -0.344 e. The third kappa shape index (κ3) is 2.43. The molecule has 18 heavy (non-hydrogen) atoms. The second kappa shape index (κ2) is 4.53. The maximum absolute atomic E-state index is 13.2. The van der Waals surface area contributed by atoms with E-state index in [2.05, 4.69) is 15.3 Å². The van der Waals surface area contributed by atoms with Crippen LogP contribution in [0.3, 0.4) is 0 Å². The van der Waals surface area contributed by atoms with Crippen molar-refractivity contribution in [3.63, 3.8) is 0 Å². The van der Waals surface area contributed by atoms with Gasteiger partial charge >= 0.3 is 0 Å². The van der Waals surface area contributed by atoms with Crippen molar-refractivity contribution in [2.75, 3.05) is 0 Å². The topological polar surface area (TPSA) is 40.7 Å². The fourth-order valence-corrected chi connectivity index (χ4v) is 2.05. The van der Waals surface area contributed by atoms with E-state index in [9.17, 15) is 4.39 Å². The SMILES string of the molecule is Cc1[nH]c(CNC2CC2)nc1-c1cccc(F)c1. The van der Waals surface area contributed by atoms with Gasteiger partial charge in [-0.3, -0.25) is 0 Å². The van der Waals surface area contributed by atoms with Crippen LogP contribution in [-0.4, -0.2) is 16.0 Å². The van der Waals surface area contributed by atoms with E-state index in [1.165, 1.54) is 25.0 Å². The zero-order valence-corrected chi connectivity index (χ0v) is 10.3. The molecule has 1 aromatic carbocycles. The van der Waals surface area contributed by atoms with E-state index in [4.69, 9.17) is 0 Å². The summed E-state index contributed by atoms with van der Waals surface area (Å²) >= 11 is 0. The lowest BCUT2D eigenvalue weighted by atomic mass is 10.1. The first-order valence-corrected chi connectivity index (χ1v) is 6.27. The molecule has 4 heteroatoms. The van der Waals surface area contributed by atoms with E-state index < -0.39 is 0 Å². The Morgan fingerprint density at radius 2 is 2.28 bits per heavy atom. The predicted molar refractivity (Wildman–Crippen MR) is 68.6 cm³/mol. The predicted octanol–water partition coefficient (Wildman–Crippen LogP) is 2.78. The van der Waals surface area contributed by atoms with Gasteiger partial charge in [-0.1, -0.05) is 12.1 Å². The molecule has 1 saturated carbocycles. The number of aromatic nitrogens is 2. The van der Waals surface area contributed by atoms with Gasteiger partial charge in [-0.15, -0.1) is 0 Å². The average Bonchev–Trinajstić information content (AvgIpc) is 3.10. The van der Waals surface area contributed by atoms with Crippen molar-refractivity contribution in [1.82, 2.24) is 15.3 Å². The van der Waals surface area contributed by atoms with Crippen LogP contribution in [0.5, 0.6) is 0 Å². The van der Waals surface area contributed by atoms with Crippen molar-refractivity contribution in [3.05, 3.63) is 41.6 Å². The third-order valence-electron chi connectivity index (χ3n) is 3.17. The van der Waals surface area contributed by atoms with Gasteiger partial charge in [0.1, 0.15) is 11.6 Å². The van der Waals surface area contributed by atoms with Gasteiger partial charge in [-0.2, -0.15) is 0 Å². The van der Waals surface area contributed by atoms with Crippen LogP contribution in [0.2, 0.25) is 0 Å². The number of nitrogens with zero attached hydrogens (tertiary/aromatic N) is 1. The van der Waals surface area contributed by atoms with Crippen LogP contribution >= 0.6 is 0 Å². The first kappa shape index (κ1) is 11.4. The van der Waals surface area contributed by atoms with Crippen LogP contribution in [0.4, 0.5) is 4.39 Å². The molecule has 0 atom stereocenters. The van der Waals surface area contributed by atoms with Gasteiger partial charge in [-0.05, 0) is 31.9 Å². The van der Waals surface area contributed by atoms with E-state index in [1.54, 1.807) is 6.07 Å². The van der Waals surface area contributed by atoms with Crippen LogP contribution in [0, 0.1) is 12.7 Å². The van der Waals surface area contributed by atoms with Crippen molar-refractivity contribution >= 4 is 0 Å². The lowest BCUT2D eigenvalue weighted by molar-refractivity contribution is 0.628. The highest BCUT2D eigenvalue weighted by Gasteiger charge is 2.20. The Labute approximate surface area is 105 Å². The Morgan fingerprint density at radius 3 is 3.00 bits per heavy atom. The van der Waals surface area contributed by atoms with Crippen LogP contribution in [0.15, 0.2) is 24.3 Å². The van der Waals surface area contributed by atoms with Crippen LogP contribution in [0.1, 0.15) is 24.4 Å². The van der Waals surface area contributed by atoms with Crippen molar-refractivity contribution in [2.24, 2.45) is 0 Å². The summed E-state index contributed by atoms with van der Waals surface area (Å²) in [5.74, 6) is 0.686. The lowest BCUT2D eigenvalue weighted by Crippen LogP contribution is -2.16. The first-order valence-electron chi connectivity index (χ1n) is 6.27. The molecule has 94 valence electrons. The van der Waals surface area contributed by atoms with Gasteiger partial charge in [0, 0.05) is 17.3 Å². The van der Waals surface area contributed by atoms with Gasteiger partial charge < -0.3 is 10.3 Å². The molecule has 0 radical (unpaired) electrons. The van der Waals surface area contributed by atoms with Crippen molar-refractivity contribution < 1.29 is 4.39 Å². The molecule has 1 aliphatic rings. The molecule has 2 aromatic rings. The van der Waals surface area contributed by atoms with Crippen molar-refractivity contribution in [2.45, 2.75) is 32.4 Å². The van der Waals surface area contributed by atoms with E-state index >= 15 is 0 Å². The number of aromatic amines is 1. The van der Waals surface area contributed by atoms with E-state index in [0.717, 1.165) is 29.3 Å². The quantitative estimate of drug-likeness (QED) is 0.869. The molecular formula is C14H16FN3. The maximum Gasteiger partial charge on any atom is 0.123 e. The molecule has 0 unspecified atom stereocenters. The summed E-state index contributed by atoms with van der Waals surface area (Å²) in [4.78, 5) is 7.79. The summed E-state index contributed by atoms with van der Waals surface area (Å²) in [6.45, 7) is 2.72. The molecule has 0 saturated heterocycles. The van der Waals surface area contributed by atoms with E-state index in [-0.39, 0.29) is 5.82 Å². The fraction of sp³-hybridized carbons (Fsp3) is 0.357. The third-order valence-corrected chi connectivity index (χ3v) is 3.17. The number of benzene rings is 1. The Kier molecular flexibility index (Phi) is 2.88. The number of halogens is 1. The highest BCUT2D eigenvalue weighted by atomic mass is 19.1. The van der Waals surface area contributed by atoms with Crippen molar-refractivity contribution in [1.29, 1.82) is 0 Å². The van der Waals surface area contributed by atoms with Crippen LogP contribution < -0.4 is 5.32 Å². The summed E-state index contributed by atoms with van der Waals surface area (Å²) in [7, 11) is 0. The molecule has 0 aliphatic heterocycles. The standard InChI is InChI=1S/C14H16FN3/c1-9-14(10-3-2-4-11(15)7-10)18-13(17-9)8-16-12-5-6-12/h2-4,7,12,16H,5-6,8H2,1H3,(H,17,18). The van der Waals surface area contributed by atoms with Gasteiger partial charge in [0.2, 0.25) is 0 Å². The highest BCUT2D eigenvalue weighted by Crippen LogP contribution is 2.23. The normalized spacial score (nSPS) is 15.0. The molecule has 0 spiro atoms. The summed E-state index contributed by atoms with van der Waals surface area (Å²) in [6.07, 6.45) is 2.52. The minimum atomic E-state index is -0.229. The van der Waals surface area contributed by atoms with Crippen molar-refractivity contribution in [3.8, 4) is 11.3 Å². The molecule has 2 N–H and O–H groups in total. The number of H-pyrrole nitrogens is 1. The number of rotatable bonds is 4. The zero-order chi connectivity index (χ0) is 12.5. The molecule has 0 amide bonds. The zero-order valence-electron chi connectivity index (χ0n) is 10.3. The van der Waals surface area contributed by atoms with Crippen LogP contribution in [0.25, 0.3) is 11.3 Å². The minimum absolute atomic E-state index is 0.229. The molecule has 0 bridgehead atoms. The second-order valence-electron chi connectivity index (χ2n) is 4.82. The van der Waals surface area contributed by atoms with E-state index in [0.29, 0.717) is 6.04 Å². The number of nitrogens with one attached hydrogen (secondary N) is 2. The first-order chi connectivity index (χ1) is 8.72. The monoisotopic (exact) mass is 245 g/mol. The molecule has 1 aliphatic carbocycles. The average molecular weight is 245 g/mol. The number of aryl methyl sites for hydroxylation is 1. The summed E-state index contributed by atoms with van der Waals surface area (Å²) < 4.78 is 13.2. The molecule has 1 fully saturated rings. The molecular weight excluding hydrogens is 229 g/mol. The van der Waals surface area contributed by atoms with Gasteiger partial charge in [0.15, 0.2) is 0 Å². The number of hydrogen-bond acceptors (Lipinski definition) is 2. The van der Waals surface area contributed by atoms with Gasteiger partial charge in [0.05, 0.1) is 12.2 Å². The summed E-state index contributed by atoms with van der Waals surface area (Å²) in [5.41, 5.74) is 2.64. The van der Waals surface area contributed by atoms with Gasteiger partial charge in [-0.25, -0.2) is 9.37 Å². The Morgan fingerprint density at radius 1 is 1.44 bits per heavy atom. The molecule has 1 aromatic heterocycles. The fourth-order valence-electron chi connectivity index (χ4n) is 2.05. The Balaban J connectivity index is 1.82. The summed E-state index contributed by atoms with van der Waals surface area (Å²) in [5, 5.41) is 3.41. The Hall–Kier alpha value is -1.68. The van der Waals surface area contributed by atoms with E-state index in [1.807, 2.05) is 13.0 Å². The highest BCUT2D eigenvalue weighted by molar-refractivity contribution is 5.61.